The first kappa shape index (κ1) is 13.8. The third-order valence-electron chi connectivity index (χ3n) is 1.90. The van der Waals surface area contributed by atoms with Crippen LogP contribution in [-0.2, 0) is 0 Å². The topological polar surface area (TPSA) is 0 Å². The number of hydrogen-bond donors (Lipinski definition) is 0. The number of hydrogen-bond acceptors (Lipinski definition) is 0. The first-order chi connectivity index (χ1) is 7.61. The number of aryl methyl sites for hydroxylation is 1. The molecule has 0 bridgehead atoms. The fraction of sp³-hybridized carbons (Fsp3) is 0.0769. The summed E-state index contributed by atoms with van der Waals surface area (Å²) in [5.41, 5.74) is 1.35. The maximum Gasteiger partial charge on any atom is 0.0592 e. The van der Waals surface area contributed by atoms with Crippen molar-refractivity contribution in [3.05, 3.63) is 67.7 Å². The van der Waals surface area contributed by atoms with Crippen molar-refractivity contribution in [2.45, 2.75) is 6.92 Å². The normalized spacial score (nSPS) is 9.25. The van der Waals surface area contributed by atoms with Crippen molar-refractivity contribution < 1.29 is 0 Å². The van der Waals surface area contributed by atoms with Gasteiger partial charge in [-0.05, 0) is 53.3 Å². The molecule has 0 nitrogen and oxygen atoms in total. The highest BCUT2D eigenvalue weighted by molar-refractivity contribution is 14.1. The second-order valence-electron chi connectivity index (χ2n) is 3.16. The Morgan fingerprint density at radius 2 is 1.25 bits per heavy atom. The molecule has 0 saturated carbocycles. The predicted octanol–water partition coefficient (Wildman–Crippen LogP) is 5.59. The van der Waals surface area contributed by atoms with E-state index in [0.717, 1.165) is 0 Å². The smallest absolute Gasteiger partial charge is 0.0592 e. The van der Waals surface area contributed by atoms with Crippen LogP contribution in [0.5, 0.6) is 0 Å². The molecule has 3 heteroatoms. The highest BCUT2D eigenvalue weighted by Crippen LogP contribution is 2.19. The third kappa shape index (κ3) is 4.73. The quantitative estimate of drug-likeness (QED) is 0.534. The van der Waals surface area contributed by atoms with Gasteiger partial charge in [0.15, 0.2) is 0 Å². The van der Waals surface area contributed by atoms with Crippen LogP contribution in [0.25, 0.3) is 0 Å². The molecule has 0 radical (unpaired) electrons. The summed E-state index contributed by atoms with van der Waals surface area (Å²) in [5, 5.41) is 1.21. The number of rotatable bonds is 0. The molecule has 0 heterocycles. The number of benzene rings is 2. The Morgan fingerprint density at radius 1 is 0.812 bits per heavy atom. The van der Waals surface area contributed by atoms with Crippen LogP contribution < -0.4 is 0 Å². The van der Waals surface area contributed by atoms with Crippen molar-refractivity contribution in [3.63, 3.8) is 0 Å². The van der Waals surface area contributed by atoms with Gasteiger partial charge >= 0.3 is 0 Å². The van der Waals surface area contributed by atoms with Gasteiger partial charge in [-0.2, -0.15) is 0 Å². The minimum absolute atomic E-state index is 0.606. The maximum atomic E-state index is 5.58. The zero-order valence-electron chi connectivity index (χ0n) is 8.75. The van der Waals surface area contributed by atoms with E-state index in [2.05, 4.69) is 53.8 Å². The predicted molar refractivity (Wildman–Crippen MR) is 80.4 cm³/mol. The Morgan fingerprint density at radius 3 is 1.56 bits per heavy atom. The lowest BCUT2D eigenvalue weighted by molar-refractivity contribution is 1.43. The van der Waals surface area contributed by atoms with E-state index in [-0.39, 0.29) is 0 Å². The van der Waals surface area contributed by atoms with Gasteiger partial charge in [-0.15, -0.1) is 0 Å². The summed E-state index contributed by atoms with van der Waals surface area (Å²) in [5.74, 6) is 0. The van der Waals surface area contributed by atoms with E-state index in [1.165, 1.54) is 9.13 Å². The first-order valence-corrected chi connectivity index (χ1v) is 6.56. The Labute approximate surface area is 120 Å². The minimum Gasteiger partial charge on any atom is -0.0827 e. The van der Waals surface area contributed by atoms with Gasteiger partial charge in [0.1, 0.15) is 0 Å². The van der Waals surface area contributed by atoms with Crippen LogP contribution in [0.1, 0.15) is 5.56 Å². The monoisotopic (exact) mass is 364 g/mol. The van der Waals surface area contributed by atoms with Gasteiger partial charge in [0.05, 0.1) is 10.0 Å². The lowest BCUT2D eigenvalue weighted by Gasteiger charge is -1.91. The largest absolute Gasteiger partial charge is 0.0827 e. The summed E-state index contributed by atoms with van der Waals surface area (Å²) < 4.78 is 1.34. The highest BCUT2D eigenvalue weighted by atomic mass is 127. The van der Waals surface area contributed by atoms with Crippen molar-refractivity contribution in [1.29, 1.82) is 0 Å². The molecular formula is C13H11Cl2I. The summed E-state index contributed by atoms with van der Waals surface area (Å²) in [6.07, 6.45) is 0. The third-order valence-corrected chi connectivity index (χ3v) is 3.87. The fourth-order valence-electron chi connectivity index (χ4n) is 0.990. The van der Waals surface area contributed by atoms with Crippen LogP contribution in [0.4, 0.5) is 0 Å². The lowest BCUT2D eigenvalue weighted by atomic mass is 10.2. The Hall–Kier alpha value is -0.250. The standard InChI is InChI=1S/C7H7I.C6H4Cl2/c1-6-4-2-3-5-7(6)8;7-5-3-1-2-4-6(5)8/h2-5H,1H3;1-4H. The van der Waals surface area contributed by atoms with Gasteiger partial charge in [-0.25, -0.2) is 0 Å². The summed E-state index contributed by atoms with van der Waals surface area (Å²) in [6, 6.07) is 15.5. The Bertz CT molecular complexity index is 370. The molecular weight excluding hydrogens is 354 g/mol. The van der Waals surface area contributed by atoms with Gasteiger partial charge < -0.3 is 0 Å². The van der Waals surface area contributed by atoms with E-state index in [4.69, 9.17) is 23.2 Å². The molecule has 0 aromatic heterocycles. The van der Waals surface area contributed by atoms with Gasteiger partial charge in [0.25, 0.3) is 0 Å². The lowest BCUT2D eigenvalue weighted by Crippen LogP contribution is -1.74. The minimum atomic E-state index is 0.606. The first-order valence-electron chi connectivity index (χ1n) is 4.72. The van der Waals surface area contributed by atoms with Crippen LogP contribution in [-0.4, -0.2) is 0 Å². The van der Waals surface area contributed by atoms with E-state index in [9.17, 15) is 0 Å². The SMILES string of the molecule is Cc1ccccc1I.Clc1ccccc1Cl. The van der Waals surface area contributed by atoms with Crippen LogP contribution >= 0.6 is 45.8 Å². The average molecular weight is 365 g/mol. The zero-order valence-corrected chi connectivity index (χ0v) is 12.4. The van der Waals surface area contributed by atoms with E-state index in [1.54, 1.807) is 12.1 Å². The molecule has 0 amide bonds. The maximum absolute atomic E-state index is 5.58. The summed E-state index contributed by atoms with van der Waals surface area (Å²) in [6.45, 7) is 2.11. The van der Waals surface area contributed by atoms with Gasteiger partial charge in [0, 0.05) is 3.57 Å². The van der Waals surface area contributed by atoms with Crippen molar-refractivity contribution in [3.8, 4) is 0 Å². The van der Waals surface area contributed by atoms with E-state index >= 15 is 0 Å². The molecule has 0 spiro atoms. The van der Waals surface area contributed by atoms with Crippen molar-refractivity contribution in [2.75, 3.05) is 0 Å². The molecule has 0 aliphatic carbocycles. The summed E-state index contributed by atoms with van der Waals surface area (Å²) in [4.78, 5) is 0. The van der Waals surface area contributed by atoms with E-state index < -0.39 is 0 Å². The fourth-order valence-corrected chi connectivity index (χ4v) is 1.65. The number of halogens is 3. The van der Waals surface area contributed by atoms with Crippen LogP contribution in [0.15, 0.2) is 48.5 Å². The molecule has 0 N–H and O–H groups in total. The molecule has 0 aliphatic rings. The molecule has 2 rings (SSSR count). The second kappa shape index (κ2) is 7.15. The van der Waals surface area contributed by atoms with Gasteiger partial charge in [-0.3, -0.25) is 0 Å². The second-order valence-corrected chi connectivity index (χ2v) is 5.14. The van der Waals surface area contributed by atoms with Crippen LogP contribution in [0.3, 0.4) is 0 Å². The molecule has 0 fully saturated rings. The van der Waals surface area contributed by atoms with Crippen molar-refractivity contribution in [2.24, 2.45) is 0 Å². The summed E-state index contributed by atoms with van der Waals surface area (Å²) >= 11 is 13.5. The van der Waals surface area contributed by atoms with Gasteiger partial charge in [-0.1, -0.05) is 53.5 Å². The molecule has 84 valence electrons. The molecule has 0 unspecified atom stereocenters. The van der Waals surface area contributed by atoms with Gasteiger partial charge in [0.2, 0.25) is 0 Å². The van der Waals surface area contributed by atoms with E-state index in [0.29, 0.717) is 10.0 Å². The van der Waals surface area contributed by atoms with Crippen molar-refractivity contribution >= 4 is 45.8 Å². The zero-order chi connectivity index (χ0) is 12.0. The van der Waals surface area contributed by atoms with Crippen LogP contribution in [0.2, 0.25) is 10.0 Å². The van der Waals surface area contributed by atoms with Crippen LogP contribution in [0, 0.1) is 10.5 Å². The molecule has 2 aromatic rings. The highest BCUT2D eigenvalue weighted by Gasteiger charge is 1.89. The molecule has 0 aliphatic heterocycles. The molecule has 16 heavy (non-hydrogen) atoms. The Balaban J connectivity index is 0.000000160. The van der Waals surface area contributed by atoms with Crippen molar-refractivity contribution in [1.82, 2.24) is 0 Å². The molecule has 0 atom stereocenters. The molecule has 0 saturated heterocycles. The summed E-state index contributed by atoms with van der Waals surface area (Å²) in [7, 11) is 0. The molecule has 2 aromatic carbocycles. The average Bonchev–Trinajstić information content (AvgIpc) is 2.28. The van der Waals surface area contributed by atoms with E-state index in [1.807, 2.05) is 12.1 Å². The Kier molecular flexibility index (Phi) is 6.17.